The standard InChI is InChI=1S/C37H24N2/c1-4-11-28(12-5-1)35-36(29-13-6-2-7-14-29)39(30-17-8-3-9-18-30)37(38-35)32-24-22-27-20-19-25-15-10-16-26-21-23-31(32)34(27)33(25)26/h1-24H. The average Bonchev–Trinajstić information content (AvgIpc) is 3.42. The summed E-state index contributed by atoms with van der Waals surface area (Å²) in [6.45, 7) is 0. The molecule has 1 heterocycles. The molecule has 0 atom stereocenters. The summed E-state index contributed by atoms with van der Waals surface area (Å²) in [5.41, 5.74) is 6.53. The summed E-state index contributed by atoms with van der Waals surface area (Å²) in [6, 6.07) is 51.8. The van der Waals surface area contributed by atoms with Crippen molar-refractivity contribution in [3.05, 3.63) is 146 Å². The van der Waals surface area contributed by atoms with Crippen LogP contribution in [0.3, 0.4) is 0 Å². The maximum absolute atomic E-state index is 5.45. The van der Waals surface area contributed by atoms with Gasteiger partial charge < -0.3 is 0 Å². The Morgan fingerprint density at radius 3 is 1.69 bits per heavy atom. The Morgan fingerprint density at radius 1 is 0.436 bits per heavy atom. The molecule has 0 aliphatic rings. The van der Waals surface area contributed by atoms with Crippen LogP contribution in [-0.2, 0) is 0 Å². The number of nitrogens with zero attached hydrogens (tertiary/aromatic N) is 2. The third-order valence-electron chi connectivity index (χ3n) is 7.76. The van der Waals surface area contributed by atoms with Gasteiger partial charge in [0.2, 0.25) is 0 Å². The summed E-state index contributed by atoms with van der Waals surface area (Å²) >= 11 is 0. The molecule has 0 bridgehead atoms. The lowest BCUT2D eigenvalue weighted by molar-refractivity contribution is 1.08. The molecule has 0 amide bonds. The van der Waals surface area contributed by atoms with Gasteiger partial charge in [-0.2, -0.15) is 0 Å². The summed E-state index contributed by atoms with van der Waals surface area (Å²) in [5.74, 6) is 0.942. The van der Waals surface area contributed by atoms with Crippen molar-refractivity contribution >= 4 is 32.3 Å². The topological polar surface area (TPSA) is 17.8 Å². The Labute approximate surface area is 226 Å². The molecule has 8 rings (SSSR count). The number of aromatic nitrogens is 2. The first kappa shape index (κ1) is 21.8. The van der Waals surface area contributed by atoms with E-state index < -0.39 is 0 Å². The van der Waals surface area contributed by atoms with Crippen molar-refractivity contribution < 1.29 is 0 Å². The zero-order chi connectivity index (χ0) is 25.8. The number of imidazole rings is 1. The fourth-order valence-electron chi connectivity index (χ4n) is 6.02. The molecule has 1 aromatic heterocycles. The molecule has 0 N–H and O–H groups in total. The van der Waals surface area contributed by atoms with Crippen molar-refractivity contribution in [2.45, 2.75) is 0 Å². The Hall–Kier alpha value is -5.21. The highest BCUT2D eigenvalue weighted by atomic mass is 15.1. The third-order valence-corrected chi connectivity index (χ3v) is 7.76. The Bertz CT molecular complexity index is 2070. The fourth-order valence-corrected chi connectivity index (χ4v) is 6.02. The number of rotatable bonds is 4. The van der Waals surface area contributed by atoms with E-state index in [1.807, 2.05) is 0 Å². The highest BCUT2D eigenvalue weighted by Crippen LogP contribution is 2.43. The zero-order valence-corrected chi connectivity index (χ0v) is 21.3. The van der Waals surface area contributed by atoms with E-state index in [1.165, 1.54) is 32.3 Å². The Kier molecular flexibility index (Phi) is 4.86. The highest BCUT2D eigenvalue weighted by Gasteiger charge is 2.24. The quantitative estimate of drug-likeness (QED) is 0.222. The van der Waals surface area contributed by atoms with Crippen LogP contribution in [0, 0.1) is 0 Å². The normalized spacial score (nSPS) is 11.6. The lowest BCUT2D eigenvalue weighted by atomic mass is 9.92. The lowest BCUT2D eigenvalue weighted by Crippen LogP contribution is -2.00. The largest absolute Gasteiger partial charge is 0.292 e. The second kappa shape index (κ2) is 8.68. The molecule has 2 nitrogen and oxygen atoms in total. The molecular weight excluding hydrogens is 472 g/mol. The highest BCUT2D eigenvalue weighted by molar-refractivity contribution is 6.25. The molecule has 2 heteroatoms. The van der Waals surface area contributed by atoms with Gasteiger partial charge in [-0.3, -0.25) is 4.57 Å². The van der Waals surface area contributed by atoms with Crippen molar-refractivity contribution in [2.24, 2.45) is 0 Å². The first-order valence-electron chi connectivity index (χ1n) is 13.3. The van der Waals surface area contributed by atoms with Gasteiger partial charge in [0.1, 0.15) is 5.82 Å². The average molecular weight is 497 g/mol. The zero-order valence-electron chi connectivity index (χ0n) is 21.3. The summed E-state index contributed by atoms with van der Waals surface area (Å²) in [5, 5.41) is 7.63. The molecule has 8 aromatic rings. The molecule has 7 aromatic carbocycles. The van der Waals surface area contributed by atoms with E-state index in [1.54, 1.807) is 0 Å². The fraction of sp³-hybridized carbons (Fsp3) is 0. The molecular formula is C37H24N2. The van der Waals surface area contributed by atoms with Gasteiger partial charge >= 0.3 is 0 Å². The second-order valence-corrected chi connectivity index (χ2v) is 10.0. The van der Waals surface area contributed by atoms with Crippen molar-refractivity contribution in [2.75, 3.05) is 0 Å². The molecule has 39 heavy (non-hydrogen) atoms. The van der Waals surface area contributed by atoms with Crippen LogP contribution in [0.25, 0.3) is 71.9 Å². The van der Waals surface area contributed by atoms with Gasteiger partial charge in [0.25, 0.3) is 0 Å². The summed E-state index contributed by atoms with van der Waals surface area (Å²) in [6.07, 6.45) is 0. The SMILES string of the molecule is c1ccc(-c2nc(-c3ccc4ccc5cccc6ccc3c4c56)n(-c3ccccc3)c2-c2ccccc2)cc1. The van der Waals surface area contributed by atoms with Crippen LogP contribution in [0.1, 0.15) is 0 Å². The van der Waals surface area contributed by atoms with Crippen molar-refractivity contribution in [3.8, 4) is 39.6 Å². The van der Waals surface area contributed by atoms with Crippen LogP contribution in [0.15, 0.2) is 146 Å². The predicted molar refractivity (Wildman–Crippen MR) is 164 cm³/mol. The first-order chi connectivity index (χ1) is 19.4. The number of hydrogen-bond acceptors (Lipinski definition) is 1. The van der Waals surface area contributed by atoms with E-state index in [2.05, 4.69) is 150 Å². The summed E-state index contributed by atoms with van der Waals surface area (Å²) in [4.78, 5) is 5.45. The van der Waals surface area contributed by atoms with Crippen LogP contribution in [0.5, 0.6) is 0 Å². The summed E-state index contributed by atoms with van der Waals surface area (Å²) < 4.78 is 2.34. The molecule has 0 fully saturated rings. The van der Waals surface area contributed by atoms with Crippen LogP contribution in [0.4, 0.5) is 0 Å². The van der Waals surface area contributed by atoms with Crippen LogP contribution in [-0.4, -0.2) is 9.55 Å². The minimum absolute atomic E-state index is 0.942. The minimum atomic E-state index is 0.942. The van der Waals surface area contributed by atoms with E-state index in [-0.39, 0.29) is 0 Å². The van der Waals surface area contributed by atoms with Gasteiger partial charge in [0.15, 0.2) is 0 Å². The van der Waals surface area contributed by atoms with Gasteiger partial charge in [0, 0.05) is 22.4 Å². The van der Waals surface area contributed by atoms with Gasteiger partial charge in [-0.1, -0.05) is 127 Å². The molecule has 182 valence electrons. The molecule has 0 unspecified atom stereocenters. The van der Waals surface area contributed by atoms with Crippen LogP contribution < -0.4 is 0 Å². The monoisotopic (exact) mass is 496 g/mol. The van der Waals surface area contributed by atoms with E-state index in [9.17, 15) is 0 Å². The van der Waals surface area contributed by atoms with Gasteiger partial charge in [-0.25, -0.2) is 4.98 Å². The van der Waals surface area contributed by atoms with Crippen molar-refractivity contribution in [1.82, 2.24) is 9.55 Å². The first-order valence-corrected chi connectivity index (χ1v) is 13.3. The molecule has 0 saturated carbocycles. The molecule has 0 aliphatic heterocycles. The Balaban J connectivity index is 1.53. The van der Waals surface area contributed by atoms with Crippen LogP contribution >= 0.6 is 0 Å². The maximum atomic E-state index is 5.45. The van der Waals surface area contributed by atoms with E-state index in [4.69, 9.17) is 4.98 Å². The smallest absolute Gasteiger partial charge is 0.146 e. The minimum Gasteiger partial charge on any atom is -0.292 e. The predicted octanol–water partition coefficient (Wildman–Crippen LogP) is 9.77. The summed E-state index contributed by atoms with van der Waals surface area (Å²) in [7, 11) is 0. The second-order valence-electron chi connectivity index (χ2n) is 10.0. The van der Waals surface area contributed by atoms with Crippen molar-refractivity contribution in [1.29, 1.82) is 0 Å². The van der Waals surface area contributed by atoms with E-state index in [0.717, 1.165) is 39.6 Å². The number of hydrogen-bond donors (Lipinski definition) is 0. The van der Waals surface area contributed by atoms with Gasteiger partial charge in [0.05, 0.1) is 11.4 Å². The van der Waals surface area contributed by atoms with Crippen molar-refractivity contribution in [3.63, 3.8) is 0 Å². The lowest BCUT2D eigenvalue weighted by Gasteiger charge is -2.16. The maximum Gasteiger partial charge on any atom is 0.146 e. The third kappa shape index (κ3) is 3.39. The molecule has 0 spiro atoms. The number of benzene rings is 7. The van der Waals surface area contributed by atoms with E-state index >= 15 is 0 Å². The molecule has 0 saturated heterocycles. The number of para-hydroxylation sites is 1. The van der Waals surface area contributed by atoms with Crippen LogP contribution in [0.2, 0.25) is 0 Å². The Morgan fingerprint density at radius 2 is 1.00 bits per heavy atom. The van der Waals surface area contributed by atoms with Gasteiger partial charge in [-0.15, -0.1) is 0 Å². The van der Waals surface area contributed by atoms with E-state index in [0.29, 0.717) is 0 Å². The molecule has 0 radical (unpaired) electrons. The van der Waals surface area contributed by atoms with Gasteiger partial charge in [-0.05, 0) is 50.5 Å². The molecule has 0 aliphatic carbocycles.